The Bertz CT molecular complexity index is 994. The van der Waals surface area contributed by atoms with E-state index in [0.29, 0.717) is 5.56 Å². The number of hydrogen-bond donors (Lipinski definition) is 1. The summed E-state index contributed by atoms with van der Waals surface area (Å²) in [6.07, 6.45) is 0. The Balaban J connectivity index is 2.36. The predicted molar refractivity (Wildman–Crippen MR) is 101 cm³/mol. The maximum Gasteiger partial charge on any atom is 0.269 e. The number of nitrogens with zero attached hydrogens (tertiary/aromatic N) is 2. The van der Waals surface area contributed by atoms with Crippen molar-refractivity contribution >= 4 is 33.2 Å². The minimum Gasteiger partial charge on any atom is -0.335 e. The Hall–Kier alpha value is -2.49. The third-order valence-corrected chi connectivity index (χ3v) is 6.10. The first-order valence-electron chi connectivity index (χ1n) is 7.83. The number of rotatable bonds is 6. The Morgan fingerprint density at radius 3 is 2.52 bits per heavy atom. The van der Waals surface area contributed by atoms with E-state index in [1.807, 2.05) is 0 Å². The summed E-state index contributed by atoms with van der Waals surface area (Å²) in [5.74, 6) is -0.446. The topological polar surface area (TPSA) is 110 Å². The molecule has 0 heterocycles. The minimum absolute atomic E-state index is 0.00437. The molecule has 1 amide bonds. The van der Waals surface area contributed by atoms with Gasteiger partial charge in [-0.25, -0.2) is 13.1 Å². The molecule has 0 spiro atoms. The number of benzene rings is 2. The number of non-ortho nitro benzene ring substituents is 1. The van der Waals surface area contributed by atoms with Crippen LogP contribution >= 0.6 is 11.6 Å². The maximum absolute atomic E-state index is 12.8. The van der Waals surface area contributed by atoms with Crippen molar-refractivity contribution < 1.29 is 18.1 Å². The van der Waals surface area contributed by atoms with E-state index < -0.39 is 26.9 Å². The zero-order valence-electron chi connectivity index (χ0n) is 14.8. The number of halogens is 1. The lowest BCUT2D eigenvalue weighted by molar-refractivity contribution is -0.384. The van der Waals surface area contributed by atoms with E-state index in [0.717, 1.165) is 0 Å². The molecule has 0 bridgehead atoms. The van der Waals surface area contributed by atoms with Gasteiger partial charge in [0.15, 0.2) is 0 Å². The summed E-state index contributed by atoms with van der Waals surface area (Å²) in [4.78, 5) is 24.4. The molecule has 0 saturated heterocycles. The van der Waals surface area contributed by atoms with Gasteiger partial charge in [0.25, 0.3) is 11.6 Å². The molecule has 1 atom stereocenters. The van der Waals surface area contributed by atoms with Crippen LogP contribution in [0, 0.1) is 10.1 Å². The maximum atomic E-state index is 12.8. The average Bonchev–Trinajstić information content (AvgIpc) is 2.66. The second kappa shape index (κ2) is 8.03. The molecule has 2 aromatic carbocycles. The highest BCUT2D eigenvalue weighted by Crippen LogP contribution is 2.27. The summed E-state index contributed by atoms with van der Waals surface area (Å²) in [6, 6.07) is 9.48. The van der Waals surface area contributed by atoms with Crippen LogP contribution in [0.15, 0.2) is 47.4 Å². The van der Waals surface area contributed by atoms with Crippen LogP contribution in [0.1, 0.15) is 28.9 Å². The number of hydrogen-bond acceptors (Lipinski definition) is 5. The van der Waals surface area contributed by atoms with Crippen LogP contribution in [0.25, 0.3) is 0 Å². The molecule has 8 nitrogen and oxygen atoms in total. The van der Waals surface area contributed by atoms with Gasteiger partial charge in [0.05, 0.1) is 16.0 Å². The fourth-order valence-corrected chi connectivity index (χ4v) is 3.70. The van der Waals surface area contributed by atoms with Crippen LogP contribution in [0.3, 0.4) is 0 Å². The van der Waals surface area contributed by atoms with E-state index in [4.69, 9.17) is 11.6 Å². The third kappa shape index (κ3) is 4.44. The first-order valence-corrected chi connectivity index (χ1v) is 9.69. The number of amides is 1. The van der Waals surface area contributed by atoms with Crippen LogP contribution in [-0.4, -0.2) is 38.2 Å². The van der Waals surface area contributed by atoms with Gasteiger partial charge in [-0.05, 0) is 37.7 Å². The van der Waals surface area contributed by atoms with Crippen molar-refractivity contribution in [2.75, 3.05) is 14.1 Å². The molecule has 0 aliphatic rings. The summed E-state index contributed by atoms with van der Waals surface area (Å²) in [5.41, 5.74) is 0.638. The average molecular weight is 412 g/mol. The van der Waals surface area contributed by atoms with Crippen molar-refractivity contribution in [3.8, 4) is 0 Å². The van der Waals surface area contributed by atoms with Gasteiger partial charge in [-0.1, -0.05) is 23.7 Å². The molecular weight excluding hydrogens is 394 g/mol. The van der Waals surface area contributed by atoms with Gasteiger partial charge in [-0.15, -0.1) is 0 Å². The van der Waals surface area contributed by atoms with E-state index >= 15 is 0 Å². The van der Waals surface area contributed by atoms with Gasteiger partial charge in [-0.2, -0.15) is 0 Å². The number of carbonyl (C=O) groups is 1. The van der Waals surface area contributed by atoms with Gasteiger partial charge >= 0.3 is 0 Å². The fourth-order valence-electron chi connectivity index (χ4n) is 2.45. The standard InChI is InChI=1S/C17H18ClN3O5S/c1-11(12-5-4-6-14(9-12)21(23)24)20(3)17(22)13-7-8-15(18)16(10-13)27(25,26)19-2/h4-11,19H,1-3H3/t11-/m0/s1. The summed E-state index contributed by atoms with van der Waals surface area (Å²) >= 11 is 5.94. The lowest BCUT2D eigenvalue weighted by Gasteiger charge is -2.25. The zero-order valence-corrected chi connectivity index (χ0v) is 16.4. The second-order valence-electron chi connectivity index (χ2n) is 5.80. The van der Waals surface area contributed by atoms with Crippen molar-refractivity contribution in [2.24, 2.45) is 0 Å². The number of nitrogens with one attached hydrogen (secondary N) is 1. The quantitative estimate of drug-likeness (QED) is 0.580. The van der Waals surface area contributed by atoms with E-state index in [1.165, 1.54) is 49.3 Å². The van der Waals surface area contributed by atoms with Crippen molar-refractivity contribution in [2.45, 2.75) is 17.9 Å². The summed E-state index contributed by atoms with van der Waals surface area (Å²) in [6.45, 7) is 1.72. The predicted octanol–water partition coefficient (Wildman–Crippen LogP) is 2.99. The van der Waals surface area contributed by atoms with E-state index in [9.17, 15) is 23.3 Å². The molecule has 144 valence electrons. The largest absolute Gasteiger partial charge is 0.335 e. The molecule has 27 heavy (non-hydrogen) atoms. The summed E-state index contributed by atoms with van der Waals surface area (Å²) in [7, 11) is -1.04. The fraction of sp³-hybridized carbons (Fsp3) is 0.235. The normalized spacial score (nSPS) is 12.4. The molecule has 2 rings (SSSR count). The van der Waals surface area contributed by atoms with Crippen LogP contribution in [0.4, 0.5) is 5.69 Å². The SMILES string of the molecule is CNS(=O)(=O)c1cc(C(=O)N(C)[C@@H](C)c2cccc([N+](=O)[O-])c2)ccc1Cl. The molecule has 10 heteroatoms. The molecule has 0 aliphatic heterocycles. The Labute approximate surface area is 162 Å². The highest BCUT2D eigenvalue weighted by molar-refractivity contribution is 7.89. The smallest absolute Gasteiger partial charge is 0.269 e. The Kier molecular flexibility index (Phi) is 6.19. The monoisotopic (exact) mass is 411 g/mol. The summed E-state index contributed by atoms with van der Waals surface area (Å²) < 4.78 is 26.2. The molecule has 0 saturated carbocycles. The molecule has 0 aliphatic carbocycles. The zero-order chi connectivity index (χ0) is 20.4. The second-order valence-corrected chi connectivity index (χ2v) is 8.06. The van der Waals surface area contributed by atoms with E-state index in [2.05, 4.69) is 4.72 Å². The van der Waals surface area contributed by atoms with Gasteiger partial charge in [0.1, 0.15) is 4.90 Å². The Morgan fingerprint density at radius 1 is 1.26 bits per heavy atom. The molecule has 0 aromatic heterocycles. The first kappa shape index (κ1) is 20.8. The highest BCUT2D eigenvalue weighted by Gasteiger charge is 2.23. The highest BCUT2D eigenvalue weighted by atomic mass is 35.5. The number of nitro groups is 1. The number of nitro benzene ring substituents is 1. The van der Waals surface area contributed by atoms with Crippen LogP contribution < -0.4 is 4.72 Å². The van der Waals surface area contributed by atoms with Crippen LogP contribution in [0.5, 0.6) is 0 Å². The first-order chi connectivity index (χ1) is 12.6. The van der Waals surface area contributed by atoms with Crippen molar-refractivity contribution in [3.63, 3.8) is 0 Å². The van der Waals surface area contributed by atoms with Crippen molar-refractivity contribution in [1.82, 2.24) is 9.62 Å². The van der Waals surface area contributed by atoms with Crippen LogP contribution in [0.2, 0.25) is 5.02 Å². The molecular formula is C17H18ClN3O5S. The van der Waals surface area contributed by atoms with Crippen LogP contribution in [-0.2, 0) is 10.0 Å². The van der Waals surface area contributed by atoms with Gasteiger partial charge in [-0.3, -0.25) is 14.9 Å². The molecule has 0 radical (unpaired) electrons. The van der Waals surface area contributed by atoms with Gasteiger partial charge in [0.2, 0.25) is 10.0 Å². The van der Waals surface area contributed by atoms with Gasteiger partial charge in [0, 0.05) is 24.7 Å². The molecule has 0 unspecified atom stereocenters. The summed E-state index contributed by atoms with van der Waals surface area (Å²) in [5, 5.41) is 10.9. The Morgan fingerprint density at radius 2 is 1.93 bits per heavy atom. The van der Waals surface area contributed by atoms with E-state index in [-0.39, 0.29) is 21.2 Å². The van der Waals surface area contributed by atoms with Crippen molar-refractivity contribution in [3.05, 3.63) is 68.7 Å². The lowest BCUT2D eigenvalue weighted by atomic mass is 10.1. The molecule has 2 aromatic rings. The van der Waals surface area contributed by atoms with Crippen molar-refractivity contribution in [1.29, 1.82) is 0 Å². The number of carbonyl (C=O) groups excluding carboxylic acids is 1. The minimum atomic E-state index is -3.83. The lowest BCUT2D eigenvalue weighted by Crippen LogP contribution is -2.30. The van der Waals surface area contributed by atoms with Gasteiger partial charge < -0.3 is 4.90 Å². The van der Waals surface area contributed by atoms with E-state index in [1.54, 1.807) is 19.1 Å². The number of sulfonamides is 1. The molecule has 1 N–H and O–H groups in total. The molecule has 0 fully saturated rings. The third-order valence-electron chi connectivity index (χ3n) is 4.20.